The fraction of sp³-hybridized carbons (Fsp3) is 0.190. The van der Waals surface area contributed by atoms with E-state index < -0.39 is 29.0 Å². The molecule has 4 aromatic rings. The minimum absolute atomic E-state index is 0.00197. The van der Waals surface area contributed by atoms with E-state index in [9.17, 15) is 18.8 Å². The minimum atomic E-state index is -0.624. The van der Waals surface area contributed by atoms with Gasteiger partial charge in [-0.05, 0) is 44.2 Å². The van der Waals surface area contributed by atoms with E-state index in [1.165, 1.54) is 16.7 Å². The standard InChI is InChI=1S/C21H17ClFN3O4/c1-11(2)26-20(28)19-18(13-5-3-4-6-16(13)30-19)25(21(26)29)10-17(27)24-12-7-8-15(23)14(22)9-12/h3-9,11H,10H2,1-2H3,(H,24,27). The van der Waals surface area contributed by atoms with Crippen LogP contribution in [0, 0.1) is 5.82 Å². The zero-order valence-electron chi connectivity index (χ0n) is 16.1. The Hall–Kier alpha value is -3.39. The van der Waals surface area contributed by atoms with Gasteiger partial charge in [-0.15, -0.1) is 0 Å². The van der Waals surface area contributed by atoms with Crippen LogP contribution in [0.25, 0.3) is 22.1 Å². The smallest absolute Gasteiger partial charge is 0.332 e. The first kappa shape index (κ1) is 19.9. The first-order valence-corrected chi connectivity index (χ1v) is 9.57. The molecule has 0 aliphatic carbocycles. The second-order valence-corrected chi connectivity index (χ2v) is 7.50. The highest BCUT2D eigenvalue weighted by atomic mass is 35.5. The van der Waals surface area contributed by atoms with Gasteiger partial charge in [-0.25, -0.2) is 9.18 Å². The van der Waals surface area contributed by atoms with Crippen LogP contribution in [0.15, 0.2) is 56.5 Å². The molecule has 2 aromatic heterocycles. The van der Waals surface area contributed by atoms with Crippen LogP contribution in [0.4, 0.5) is 10.1 Å². The van der Waals surface area contributed by atoms with Crippen LogP contribution in [0.3, 0.4) is 0 Å². The number of hydrogen-bond acceptors (Lipinski definition) is 4. The lowest BCUT2D eigenvalue weighted by molar-refractivity contribution is -0.116. The number of fused-ring (bicyclic) bond motifs is 3. The number of aromatic nitrogens is 2. The van der Waals surface area contributed by atoms with Crippen molar-refractivity contribution >= 4 is 45.3 Å². The zero-order chi connectivity index (χ0) is 21.6. The molecule has 0 radical (unpaired) electrons. The molecular weight excluding hydrogens is 413 g/mol. The highest BCUT2D eigenvalue weighted by Gasteiger charge is 2.22. The van der Waals surface area contributed by atoms with E-state index in [-0.39, 0.29) is 28.4 Å². The molecule has 0 bridgehead atoms. The van der Waals surface area contributed by atoms with Crippen LogP contribution in [0.5, 0.6) is 0 Å². The zero-order valence-corrected chi connectivity index (χ0v) is 16.9. The summed E-state index contributed by atoms with van der Waals surface area (Å²) >= 11 is 5.75. The third-order valence-corrected chi connectivity index (χ3v) is 5.00. The van der Waals surface area contributed by atoms with E-state index in [1.807, 2.05) is 0 Å². The number of carbonyl (C=O) groups excluding carboxylic acids is 1. The molecule has 0 saturated heterocycles. The number of furan rings is 1. The molecular formula is C21H17ClFN3O4. The monoisotopic (exact) mass is 429 g/mol. The van der Waals surface area contributed by atoms with Gasteiger partial charge in [-0.1, -0.05) is 23.7 Å². The molecule has 1 amide bonds. The van der Waals surface area contributed by atoms with E-state index in [2.05, 4.69) is 5.32 Å². The highest BCUT2D eigenvalue weighted by molar-refractivity contribution is 6.31. The summed E-state index contributed by atoms with van der Waals surface area (Å²) in [5.41, 5.74) is -0.202. The van der Waals surface area contributed by atoms with Crippen LogP contribution in [0.2, 0.25) is 5.02 Å². The van der Waals surface area contributed by atoms with Gasteiger partial charge < -0.3 is 9.73 Å². The van der Waals surface area contributed by atoms with Gasteiger partial charge in [0.1, 0.15) is 23.5 Å². The average Bonchev–Trinajstić information content (AvgIpc) is 3.08. The second kappa shape index (κ2) is 7.46. The molecule has 30 heavy (non-hydrogen) atoms. The van der Waals surface area contributed by atoms with Crippen LogP contribution in [-0.2, 0) is 11.3 Å². The molecule has 2 heterocycles. The quantitative estimate of drug-likeness (QED) is 0.532. The van der Waals surface area contributed by atoms with Crippen molar-refractivity contribution in [3.8, 4) is 0 Å². The van der Waals surface area contributed by atoms with Gasteiger partial charge in [0.15, 0.2) is 0 Å². The van der Waals surface area contributed by atoms with Gasteiger partial charge in [0.2, 0.25) is 11.5 Å². The van der Waals surface area contributed by atoms with E-state index in [0.29, 0.717) is 11.0 Å². The van der Waals surface area contributed by atoms with E-state index in [0.717, 1.165) is 10.6 Å². The molecule has 0 atom stereocenters. The summed E-state index contributed by atoms with van der Waals surface area (Å²) in [5.74, 6) is -1.15. The predicted octanol–water partition coefficient (Wildman–Crippen LogP) is 3.92. The van der Waals surface area contributed by atoms with E-state index in [4.69, 9.17) is 16.0 Å². The van der Waals surface area contributed by atoms with Crippen molar-refractivity contribution in [1.29, 1.82) is 0 Å². The average molecular weight is 430 g/mol. The molecule has 0 unspecified atom stereocenters. The number of hydrogen-bond donors (Lipinski definition) is 1. The Balaban J connectivity index is 1.86. The van der Waals surface area contributed by atoms with Gasteiger partial charge in [0, 0.05) is 17.1 Å². The third kappa shape index (κ3) is 3.29. The SMILES string of the molecule is CC(C)n1c(=O)c2oc3ccccc3c2n(CC(=O)Nc2ccc(F)c(Cl)c2)c1=O. The van der Waals surface area contributed by atoms with Crippen LogP contribution in [0.1, 0.15) is 19.9 Å². The van der Waals surface area contributed by atoms with E-state index in [1.54, 1.807) is 38.1 Å². The number of anilines is 1. The first-order chi connectivity index (χ1) is 14.3. The maximum absolute atomic E-state index is 13.3. The topological polar surface area (TPSA) is 86.2 Å². The number of nitrogens with one attached hydrogen (secondary N) is 1. The summed E-state index contributed by atoms with van der Waals surface area (Å²) in [5, 5.41) is 3.00. The molecule has 7 nitrogen and oxygen atoms in total. The van der Waals surface area contributed by atoms with Gasteiger partial charge in [-0.2, -0.15) is 0 Å². The lowest BCUT2D eigenvalue weighted by atomic mass is 10.2. The predicted molar refractivity (Wildman–Crippen MR) is 113 cm³/mol. The summed E-state index contributed by atoms with van der Waals surface area (Å²) in [4.78, 5) is 38.6. The highest BCUT2D eigenvalue weighted by Crippen LogP contribution is 2.26. The number of rotatable bonds is 4. The maximum atomic E-state index is 13.3. The van der Waals surface area contributed by atoms with Gasteiger partial charge in [0.25, 0.3) is 5.56 Å². The lowest BCUT2D eigenvalue weighted by Gasteiger charge is -2.14. The third-order valence-electron chi connectivity index (χ3n) is 4.71. The van der Waals surface area contributed by atoms with Crippen molar-refractivity contribution in [3.05, 3.63) is 74.1 Å². The Bertz CT molecular complexity index is 1420. The Kier molecular flexibility index (Phi) is 4.95. The van der Waals surface area contributed by atoms with Crippen molar-refractivity contribution in [2.24, 2.45) is 0 Å². The fourth-order valence-electron chi connectivity index (χ4n) is 3.39. The summed E-state index contributed by atoms with van der Waals surface area (Å²) in [6, 6.07) is 10.2. The van der Waals surface area contributed by atoms with Gasteiger partial charge >= 0.3 is 5.69 Å². The van der Waals surface area contributed by atoms with Crippen LogP contribution in [-0.4, -0.2) is 15.0 Å². The van der Waals surface area contributed by atoms with Crippen molar-refractivity contribution < 1.29 is 13.6 Å². The first-order valence-electron chi connectivity index (χ1n) is 9.19. The number of nitrogens with zero attached hydrogens (tertiary/aromatic N) is 2. The molecule has 0 aliphatic heterocycles. The molecule has 154 valence electrons. The van der Waals surface area contributed by atoms with Crippen LogP contribution >= 0.6 is 11.6 Å². The molecule has 1 N–H and O–H groups in total. The Labute approximate surface area is 174 Å². The molecule has 4 rings (SSSR count). The Morgan fingerprint density at radius 2 is 1.93 bits per heavy atom. The summed E-state index contributed by atoms with van der Waals surface area (Å²) < 4.78 is 21.3. The van der Waals surface area contributed by atoms with Gasteiger partial charge in [0.05, 0.1) is 5.02 Å². The number of carbonyl (C=O) groups is 1. The number of amides is 1. The fourth-order valence-corrected chi connectivity index (χ4v) is 3.57. The van der Waals surface area contributed by atoms with Gasteiger partial charge in [-0.3, -0.25) is 18.7 Å². The number of benzene rings is 2. The molecule has 0 aliphatic rings. The molecule has 0 fully saturated rings. The van der Waals surface area contributed by atoms with Crippen LogP contribution < -0.4 is 16.6 Å². The van der Waals surface area contributed by atoms with Crippen molar-refractivity contribution in [3.63, 3.8) is 0 Å². The molecule has 9 heteroatoms. The largest absolute Gasteiger partial charge is 0.449 e. The van der Waals surface area contributed by atoms with Crippen molar-refractivity contribution in [2.75, 3.05) is 5.32 Å². The number of para-hydroxylation sites is 1. The lowest BCUT2D eigenvalue weighted by Crippen LogP contribution is -2.42. The summed E-state index contributed by atoms with van der Waals surface area (Å²) in [7, 11) is 0. The Morgan fingerprint density at radius 3 is 2.63 bits per heavy atom. The number of halogens is 2. The summed E-state index contributed by atoms with van der Waals surface area (Å²) in [6.07, 6.45) is 0. The summed E-state index contributed by atoms with van der Waals surface area (Å²) in [6.45, 7) is 3.02. The molecule has 2 aromatic carbocycles. The second-order valence-electron chi connectivity index (χ2n) is 7.09. The maximum Gasteiger partial charge on any atom is 0.332 e. The minimum Gasteiger partial charge on any atom is -0.449 e. The van der Waals surface area contributed by atoms with Crippen molar-refractivity contribution in [2.45, 2.75) is 26.4 Å². The molecule has 0 spiro atoms. The Morgan fingerprint density at radius 1 is 1.20 bits per heavy atom. The van der Waals surface area contributed by atoms with Crippen molar-refractivity contribution in [1.82, 2.24) is 9.13 Å². The molecule has 0 saturated carbocycles. The normalized spacial score (nSPS) is 11.5. The van der Waals surface area contributed by atoms with E-state index >= 15 is 0 Å².